The van der Waals surface area contributed by atoms with Gasteiger partial charge in [0.25, 0.3) is 0 Å². The lowest BCUT2D eigenvalue weighted by Crippen LogP contribution is -2.53. The lowest BCUT2D eigenvalue weighted by Gasteiger charge is -2.38. The number of sulfonamides is 1. The third kappa shape index (κ3) is 3.92. The minimum atomic E-state index is -3.25. The molecule has 0 saturated carbocycles. The van der Waals surface area contributed by atoms with Crippen molar-refractivity contribution in [2.75, 3.05) is 32.4 Å². The number of hydrogen-bond acceptors (Lipinski definition) is 4. The molecule has 1 amide bonds. The van der Waals surface area contributed by atoms with E-state index >= 15 is 0 Å². The molecule has 0 spiro atoms. The van der Waals surface area contributed by atoms with Gasteiger partial charge in [-0.15, -0.1) is 0 Å². The Bertz CT molecular complexity index is 632. The van der Waals surface area contributed by atoms with Crippen molar-refractivity contribution in [3.05, 3.63) is 11.1 Å². The standard InChI is InChI=1S/C15H24N2O5S/c1-10-8-12(13(15(19)20)9-11(10)2)14(18)16-4-6-17(7-5-16)23(3,21)22/h12-13H,4-9H2,1-3H3,(H,19,20)/t12-,13+/m0/s1. The average Bonchev–Trinajstić information content (AvgIpc) is 2.48. The Balaban J connectivity index is 2.09. The predicted molar refractivity (Wildman–Crippen MR) is 85.2 cm³/mol. The Morgan fingerprint density at radius 2 is 1.48 bits per heavy atom. The maximum absolute atomic E-state index is 12.7. The summed E-state index contributed by atoms with van der Waals surface area (Å²) in [4.78, 5) is 25.9. The van der Waals surface area contributed by atoms with E-state index in [1.807, 2.05) is 13.8 Å². The average molecular weight is 344 g/mol. The van der Waals surface area contributed by atoms with Crippen LogP contribution in [-0.2, 0) is 19.6 Å². The zero-order valence-electron chi connectivity index (χ0n) is 13.8. The molecule has 2 aliphatic rings. The summed E-state index contributed by atoms with van der Waals surface area (Å²) in [6, 6.07) is 0. The fraction of sp³-hybridized carbons (Fsp3) is 0.733. The molecule has 1 heterocycles. The van der Waals surface area contributed by atoms with Crippen LogP contribution in [0.4, 0.5) is 0 Å². The minimum Gasteiger partial charge on any atom is -0.481 e. The van der Waals surface area contributed by atoms with E-state index in [1.165, 1.54) is 4.31 Å². The summed E-state index contributed by atoms with van der Waals surface area (Å²) >= 11 is 0. The number of carboxylic acids is 1. The van der Waals surface area contributed by atoms with Crippen molar-refractivity contribution in [3.8, 4) is 0 Å². The van der Waals surface area contributed by atoms with Gasteiger partial charge in [0.2, 0.25) is 15.9 Å². The second kappa shape index (κ2) is 6.60. The summed E-state index contributed by atoms with van der Waals surface area (Å²) in [5.41, 5.74) is 2.12. The van der Waals surface area contributed by atoms with E-state index in [-0.39, 0.29) is 19.0 Å². The summed E-state index contributed by atoms with van der Waals surface area (Å²) in [7, 11) is -3.25. The summed E-state index contributed by atoms with van der Waals surface area (Å²) in [6.07, 6.45) is 2.03. The SMILES string of the molecule is CC1=C(C)C[C@@H](C(=O)O)[C@@H](C(=O)N2CCN(S(C)(=O)=O)CC2)C1. The first-order valence-corrected chi connectivity index (χ1v) is 9.58. The number of amides is 1. The number of allylic oxidation sites excluding steroid dienone is 2. The first-order chi connectivity index (χ1) is 10.6. The number of nitrogens with zero attached hydrogens (tertiary/aromatic N) is 2. The van der Waals surface area contributed by atoms with Crippen molar-refractivity contribution in [1.82, 2.24) is 9.21 Å². The van der Waals surface area contributed by atoms with E-state index < -0.39 is 27.8 Å². The largest absolute Gasteiger partial charge is 0.481 e. The second-order valence-corrected chi connectivity index (χ2v) is 8.49. The number of piperazine rings is 1. The topological polar surface area (TPSA) is 95.0 Å². The number of carbonyl (C=O) groups excluding carboxylic acids is 1. The fourth-order valence-corrected chi connectivity index (χ4v) is 4.11. The first kappa shape index (κ1) is 17.9. The van der Waals surface area contributed by atoms with E-state index in [0.717, 1.165) is 17.4 Å². The van der Waals surface area contributed by atoms with Crippen LogP contribution in [0.1, 0.15) is 26.7 Å². The number of rotatable bonds is 3. The predicted octanol–water partition coefficient (Wildman–Crippen LogP) is 0.537. The van der Waals surface area contributed by atoms with Crippen LogP contribution in [0.3, 0.4) is 0 Å². The molecule has 0 bridgehead atoms. The van der Waals surface area contributed by atoms with Crippen LogP contribution >= 0.6 is 0 Å². The highest BCUT2D eigenvalue weighted by Crippen LogP contribution is 2.35. The zero-order chi connectivity index (χ0) is 17.4. The summed E-state index contributed by atoms with van der Waals surface area (Å²) in [5, 5.41) is 9.43. The summed E-state index contributed by atoms with van der Waals surface area (Å²) in [5.74, 6) is -2.36. The molecule has 1 saturated heterocycles. The lowest BCUT2D eigenvalue weighted by molar-refractivity contribution is -0.151. The Morgan fingerprint density at radius 1 is 1.00 bits per heavy atom. The highest BCUT2D eigenvalue weighted by molar-refractivity contribution is 7.88. The molecular weight excluding hydrogens is 320 g/mol. The van der Waals surface area contributed by atoms with Crippen molar-refractivity contribution < 1.29 is 23.1 Å². The Labute approximate surface area is 137 Å². The molecule has 2 rings (SSSR count). The molecule has 1 aliphatic carbocycles. The van der Waals surface area contributed by atoms with Crippen LogP contribution in [0.2, 0.25) is 0 Å². The van der Waals surface area contributed by atoms with Crippen LogP contribution < -0.4 is 0 Å². The van der Waals surface area contributed by atoms with Gasteiger partial charge in [0.15, 0.2) is 0 Å². The van der Waals surface area contributed by atoms with Crippen molar-refractivity contribution >= 4 is 21.9 Å². The van der Waals surface area contributed by atoms with Crippen molar-refractivity contribution in [3.63, 3.8) is 0 Å². The third-order valence-electron chi connectivity index (χ3n) is 4.92. The van der Waals surface area contributed by atoms with Gasteiger partial charge in [-0.25, -0.2) is 8.42 Å². The van der Waals surface area contributed by atoms with E-state index in [9.17, 15) is 23.1 Å². The molecule has 0 aromatic carbocycles. The van der Waals surface area contributed by atoms with Crippen LogP contribution in [0, 0.1) is 11.8 Å². The minimum absolute atomic E-state index is 0.169. The number of hydrogen-bond donors (Lipinski definition) is 1. The zero-order valence-corrected chi connectivity index (χ0v) is 14.6. The van der Waals surface area contributed by atoms with Gasteiger partial charge in [0.05, 0.1) is 18.1 Å². The van der Waals surface area contributed by atoms with E-state index in [2.05, 4.69) is 0 Å². The van der Waals surface area contributed by atoms with Gasteiger partial charge >= 0.3 is 5.97 Å². The van der Waals surface area contributed by atoms with E-state index in [1.54, 1.807) is 4.90 Å². The molecule has 0 aromatic rings. The van der Waals surface area contributed by atoms with Crippen LogP contribution in [0.25, 0.3) is 0 Å². The molecule has 8 heteroatoms. The highest BCUT2D eigenvalue weighted by Gasteiger charge is 2.40. The maximum atomic E-state index is 12.7. The van der Waals surface area contributed by atoms with Crippen LogP contribution in [0.15, 0.2) is 11.1 Å². The molecule has 130 valence electrons. The van der Waals surface area contributed by atoms with Gasteiger partial charge in [-0.2, -0.15) is 4.31 Å². The van der Waals surface area contributed by atoms with Gasteiger partial charge in [-0.1, -0.05) is 11.1 Å². The molecule has 7 nitrogen and oxygen atoms in total. The smallest absolute Gasteiger partial charge is 0.307 e. The maximum Gasteiger partial charge on any atom is 0.307 e. The molecule has 0 aromatic heterocycles. The van der Waals surface area contributed by atoms with E-state index in [4.69, 9.17) is 0 Å². The van der Waals surface area contributed by atoms with Gasteiger partial charge in [0.1, 0.15) is 0 Å². The highest BCUT2D eigenvalue weighted by atomic mass is 32.2. The van der Waals surface area contributed by atoms with Crippen molar-refractivity contribution in [2.24, 2.45) is 11.8 Å². The monoisotopic (exact) mass is 344 g/mol. The fourth-order valence-electron chi connectivity index (χ4n) is 3.29. The molecular formula is C15H24N2O5S. The molecule has 0 unspecified atom stereocenters. The quantitative estimate of drug-likeness (QED) is 0.754. The Hall–Kier alpha value is -1.41. The first-order valence-electron chi connectivity index (χ1n) is 7.73. The third-order valence-corrected chi connectivity index (χ3v) is 6.22. The van der Waals surface area contributed by atoms with Gasteiger partial charge in [-0.05, 0) is 26.7 Å². The molecule has 1 aliphatic heterocycles. The molecule has 1 fully saturated rings. The van der Waals surface area contributed by atoms with Gasteiger partial charge < -0.3 is 10.0 Å². The summed E-state index contributed by atoms with van der Waals surface area (Å²) in [6.45, 7) is 5.02. The molecule has 1 N–H and O–H groups in total. The number of carboxylic acid groups (broad SMARTS) is 1. The molecule has 0 radical (unpaired) electrons. The Morgan fingerprint density at radius 3 is 1.91 bits per heavy atom. The number of aliphatic carboxylic acids is 1. The Kier molecular flexibility index (Phi) is 5.15. The van der Waals surface area contributed by atoms with Crippen LogP contribution in [0.5, 0.6) is 0 Å². The van der Waals surface area contributed by atoms with Crippen molar-refractivity contribution in [1.29, 1.82) is 0 Å². The van der Waals surface area contributed by atoms with Gasteiger partial charge in [0, 0.05) is 26.2 Å². The van der Waals surface area contributed by atoms with Crippen molar-refractivity contribution in [2.45, 2.75) is 26.7 Å². The lowest BCUT2D eigenvalue weighted by atomic mass is 9.76. The van der Waals surface area contributed by atoms with E-state index in [0.29, 0.717) is 25.9 Å². The van der Waals surface area contributed by atoms with Gasteiger partial charge in [-0.3, -0.25) is 9.59 Å². The number of carbonyl (C=O) groups is 2. The normalized spacial score (nSPS) is 27.2. The van der Waals surface area contributed by atoms with Crippen LogP contribution in [-0.4, -0.2) is 67.0 Å². The summed E-state index contributed by atoms with van der Waals surface area (Å²) < 4.78 is 24.4. The second-order valence-electron chi connectivity index (χ2n) is 6.51. The molecule has 2 atom stereocenters. The molecule has 23 heavy (non-hydrogen) atoms.